The molecule has 1 aromatic heterocycles. The van der Waals surface area contributed by atoms with Gasteiger partial charge in [-0.2, -0.15) is 0 Å². The number of benzene rings is 1. The van der Waals surface area contributed by atoms with Crippen LogP contribution in [0.5, 0.6) is 0 Å². The SMILES string of the molecule is CNS(=O)(=O)c1ccc(/C(=C\[C@H]2CCC(=O)N2)c2ccc(C3CC3)c(=O)[nH]2)cc1. The molecule has 0 unspecified atom stereocenters. The van der Waals surface area contributed by atoms with Crippen molar-refractivity contribution in [1.29, 1.82) is 0 Å². The Morgan fingerprint density at radius 2 is 1.79 bits per heavy atom. The van der Waals surface area contributed by atoms with Crippen LogP contribution in [-0.4, -0.2) is 32.4 Å². The second-order valence-corrected chi connectivity index (χ2v) is 9.34. The molecule has 0 spiro atoms. The summed E-state index contributed by atoms with van der Waals surface area (Å²) < 4.78 is 26.3. The van der Waals surface area contributed by atoms with Gasteiger partial charge in [0.2, 0.25) is 15.9 Å². The molecule has 1 aliphatic heterocycles. The van der Waals surface area contributed by atoms with E-state index in [0.29, 0.717) is 24.5 Å². The van der Waals surface area contributed by atoms with Crippen LogP contribution in [0.4, 0.5) is 0 Å². The van der Waals surface area contributed by atoms with E-state index in [-0.39, 0.29) is 22.4 Å². The lowest BCUT2D eigenvalue weighted by Crippen LogP contribution is -2.24. The number of rotatable bonds is 6. The highest BCUT2D eigenvalue weighted by molar-refractivity contribution is 7.89. The molecule has 0 radical (unpaired) electrons. The minimum absolute atomic E-state index is 0.00126. The van der Waals surface area contributed by atoms with Crippen molar-refractivity contribution >= 4 is 21.5 Å². The number of sulfonamides is 1. The number of amides is 1. The topological polar surface area (TPSA) is 108 Å². The quantitative estimate of drug-likeness (QED) is 0.672. The Morgan fingerprint density at radius 3 is 2.34 bits per heavy atom. The highest BCUT2D eigenvalue weighted by Gasteiger charge is 2.26. The molecule has 2 heterocycles. The van der Waals surface area contributed by atoms with Gasteiger partial charge in [0.25, 0.3) is 5.56 Å². The summed E-state index contributed by atoms with van der Waals surface area (Å²) in [5, 5.41) is 2.91. The standard InChI is InChI=1S/C21H23N3O4S/c1-22-29(27,28)16-7-4-14(5-8-16)18(12-15-6-11-20(25)23-15)19-10-9-17(13-2-3-13)21(26)24-19/h4-5,7-10,12-13,15,22H,2-3,6,11H2,1H3,(H,23,25)(H,24,26)/b18-12+/t15-/m1/s1. The number of hydrogen-bond acceptors (Lipinski definition) is 4. The maximum absolute atomic E-state index is 12.5. The zero-order chi connectivity index (χ0) is 20.6. The molecule has 3 N–H and O–H groups in total. The van der Waals surface area contributed by atoms with Crippen LogP contribution in [-0.2, 0) is 14.8 Å². The van der Waals surface area contributed by atoms with Gasteiger partial charge in [0.05, 0.1) is 4.90 Å². The third-order valence-corrected chi connectivity index (χ3v) is 6.82. The van der Waals surface area contributed by atoms with E-state index in [9.17, 15) is 18.0 Å². The molecule has 1 saturated carbocycles. The highest BCUT2D eigenvalue weighted by Crippen LogP contribution is 2.38. The average Bonchev–Trinajstić information content (AvgIpc) is 3.47. The minimum atomic E-state index is -3.53. The summed E-state index contributed by atoms with van der Waals surface area (Å²) in [6, 6.07) is 10.1. The molecule has 152 valence electrons. The predicted molar refractivity (Wildman–Crippen MR) is 110 cm³/mol. The molecule has 2 aliphatic rings. The van der Waals surface area contributed by atoms with Crippen LogP contribution in [0, 0.1) is 0 Å². The van der Waals surface area contributed by atoms with E-state index in [4.69, 9.17) is 0 Å². The van der Waals surface area contributed by atoms with Crippen LogP contribution in [0.2, 0.25) is 0 Å². The summed E-state index contributed by atoms with van der Waals surface area (Å²) in [4.78, 5) is 27.3. The highest BCUT2D eigenvalue weighted by atomic mass is 32.2. The summed E-state index contributed by atoms with van der Waals surface area (Å²) in [5.41, 5.74) is 2.87. The van der Waals surface area contributed by atoms with Gasteiger partial charge < -0.3 is 10.3 Å². The van der Waals surface area contributed by atoms with E-state index < -0.39 is 10.0 Å². The van der Waals surface area contributed by atoms with Crippen LogP contribution in [0.15, 0.2) is 52.2 Å². The number of pyridine rings is 1. The van der Waals surface area contributed by atoms with Gasteiger partial charge in [0.1, 0.15) is 0 Å². The Balaban J connectivity index is 1.75. The maximum Gasteiger partial charge on any atom is 0.251 e. The fraction of sp³-hybridized carbons (Fsp3) is 0.333. The molecular formula is C21H23N3O4S. The molecule has 0 bridgehead atoms. The van der Waals surface area contributed by atoms with Crippen molar-refractivity contribution in [2.75, 3.05) is 7.05 Å². The molecule has 1 saturated heterocycles. The van der Waals surface area contributed by atoms with Gasteiger partial charge in [-0.25, -0.2) is 13.1 Å². The Kier molecular flexibility index (Phi) is 5.14. The summed E-state index contributed by atoms with van der Waals surface area (Å²) in [6.45, 7) is 0. The van der Waals surface area contributed by atoms with Gasteiger partial charge in [-0.3, -0.25) is 9.59 Å². The van der Waals surface area contributed by atoms with Gasteiger partial charge in [-0.1, -0.05) is 24.3 Å². The summed E-state index contributed by atoms with van der Waals surface area (Å²) >= 11 is 0. The Morgan fingerprint density at radius 1 is 1.07 bits per heavy atom. The fourth-order valence-corrected chi connectivity index (χ4v) is 4.32. The summed E-state index contributed by atoms with van der Waals surface area (Å²) in [6.07, 6.45) is 5.15. The van der Waals surface area contributed by atoms with Crippen LogP contribution in [0.1, 0.15) is 48.4 Å². The maximum atomic E-state index is 12.5. The molecule has 4 rings (SSSR count). The molecule has 1 amide bonds. The van der Waals surface area contributed by atoms with E-state index >= 15 is 0 Å². The molecule has 1 aromatic carbocycles. The van der Waals surface area contributed by atoms with E-state index in [1.54, 1.807) is 12.1 Å². The number of hydrogen-bond donors (Lipinski definition) is 3. The third-order valence-electron chi connectivity index (χ3n) is 5.39. The zero-order valence-corrected chi connectivity index (χ0v) is 16.9. The lowest BCUT2D eigenvalue weighted by Gasteiger charge is -2.13. The number of carbonyl (C=O) groups is 1. The first-order chi connectivity index (χ1) is 13.9. The Bertz CT molecular complexity index is 1130. The predicted octanol–water partition coefficient (Wildman–Crippen LogP) is 1.87. The Hall–Kier alpha value is -2.71. The number of nitrogens with one attached hydrogen (secondary N) is 3. The van der Waals surface area contributed by atoms with Crippen molar-refractivity contribution in [3.8, 4) is 0 Å². The molecule has 7 nitrogen and oxygen atoms in total. The number of H-pyrrole nitrogens is 1. The lowest BCUT2D eigenvalue weighted by molar-refractivity contribution is -0.119. The lowest BCUT2D eigenvalue weighted by atomic mass is 9.98. The van der Waals surface area contributed by atoms with Crippen molar-refractivity contribution in [2.45, 2.75) is 42.5 Å². The van der Waals surface area contributed by atoms with E-state index in [1.165, 1.54) is 19.2 Å². The van der Waals surface area contributed by atoms with E-state index in [2.05, 4.69) is 15.0 Å². The first kappa shape index (κ1) is 19.6. The number of carbonyl (C=O) groups excluding carboxylic acids is 1. The first-order valence-corrected chi connectivity index (χ1v) is 11.1. The molecule has 1 atom stereocenters. The van der Waals surface area contributed by atoms with E-state index in [1.807, 2.05) is 18.2 Å². The van der Waals surface area contributed by atoms with Crippen molar-refractivity contribution in [3.05, 3.63) is 69.6 Å². The second-order valence-electron chi connectivity index (χ2n) is 7.46. The zero-order valence-electron chi connectivity index (χ0n) is 16.1. The number of aromatic amines is 1. The van der Waals surface area contributed by atoms with E-state index in [0.717, 1.165) is 29.5 Å². The monoisotopic (exact) mass is 413 g/mol. The van der Waals surface area contributed by atoms with Gasteiger partial charge in [-0.15, -0.1) is 0 Å². The normalized spacial score (nSPS) is 20.0. The third kappa shape index (κ3) is 4.18. The molecule has 29 heavy (non-hydrogen) atoms. The molecule has 2 aromatic rings. The molecular weight excluding hydrogens is 390 g/mol. The van der Waals surface area contributed by atoms with Crippen LogP contribution in [0.3, 0.4) is 0 Å². The summed E-state index contributed by atoms with van der Waals surface area (Å²) in [7, 11) is -2.17. The van der Waals surface area contributed by atoms with Crippen molar-refractivity contribution < 1.29 is 13.2 Å². The fourth-order valence-electron chi connectivity index (χ4n) is 3.59. The van der Waals surface area contributed by atoms with Crippen LogP contribution in [0.25, 0.3) is 5.57 Å². The van der Waals surface area contributed by atoms with Crippen LogP contribution < -0.4 is 15.6 Å². The van der Waals surface area contributed by atoms with Gasteiger partial charge in [-0.05, 0) is 56.0 Å². The molecule has 8 heteroatoms. The number of aromatic nitrogens is 1. The van der Waals surface area contributed by atoms with Gasteiger partial charge in [0.15, 0.2) is 0 Å². The van der Waals surface area contributed by atoms with Gasteiger partial charge >= 0.3 is 0 Å². The van der Waals surface area contributed by atoms with Crippen molar-refractivity contribution in [3.63, 3.8) is 0 Å². The summed E-state index contributed by atoms with van der Waals surface area (Å²) in [5.74, 6) is 0.346. The van der Waals surface area contributed by atoms with Crippen molar-refractivity contribution in [2.24, 2.45) is 0 Å². The van der Waals surface area contributed by atoms with Crippen LogP contribution >= 0.6 is 0 Å². The largest absolute Gasteiger partial charge is 0.350 e. The second kappa shape index (κ2) is 7.61. The molecule has 1 aliphatic carbocycles. The minimum Gasteiger partial charge on any atom is -0.350 e. The first-order valence-electron chi connectivity index (χ1n) is 9.66. The van der Waals surface area contributed by atoms with Gasteiger partial charge in [0, 0.05) is 29.3 Å². The van der Waals surface area contributed by atoms with Crippen molar-refractivity contribution in [1.82, 2.24) is 15.0 Å². The molecule has 2 fully saturated rings. The smallest absolute Gasteiger partial charge is 0.251 e. The average molecular weight is 413 g/mol. The Labute approximate surface area is 169 Å².